The molecule has 2 aromatic carbocycles. The van der Waals surface area contributed by atoms with Crippen molar-refractivity contribution in [1.29, 1.82) is 0 Å². The Morgan fingerprint density at radius 2 is 1.76 bits per heavy atom. The molecule has 1 saturated heterocycles. The fourth-order valence-electron chi connectivity index (χ4n) is 2.78. The quantitative estimate of drug-likeness (QED) is 0.464. The molecule has 9 heteroatoms. The van der Waals surface area contributed by atoms with Crippen molar-refractivity contribution < 1.29 is 24.2 Å². The second-order valence-electron chi connectivity index (χ2n) is 6.37. The molecule has 7 nitrogen and oxygen atoms in total. The molecule has 29 heavy (non-hydrogen) atoms. The van der Waals surface area contributed by atoms with Gasteiger partial charge in [0.1, 0.15) is 5.57 Å². The molecule has 3 rings (SSSR count). The van der Waals surface area contributed by atoms with Crippen molar-refractivity contribution >= 4 is 61.5 Å². The predicted octanol–water partition coefficient (Wildman–Crippen LogP) is 4.21. The Morgan fingerprint density at radius 1 is 1.07 bits per heavy atom. The van der Waals surface area contributed by atoms with Crippen LogP contribution < -0.4 is 15.0 Å². The van der Waals surface area contributed by atoms with E-state index in [0.717, 1.165) is 16.0 Å². The number of carbonyl (C=O) groups is 3. The number of ether oxygens (including phenoxy) is 1. The molecule has 1 aliphatic heterocycles. The van der Waals surface area contributed by atoms with Crippen LogP contribution >= 0.6 is 31.9 Å². The van der Waals surface area contributed by atoms with E-state index in [1.807, 2.05) is 13.8 Å². The zero-order chi connectivity index (χ0) is 21.5. The maximum Gasteiger partial charge on any atom is 0.335 e. The van der Waals surface area contributed by atoms with Crippen LogP contribution in [0.15, 0.2) is 38.8 Å². The summed E-state index contributed by atoms with van der Waals surface area (Å²) >= 11 is 6.55. The SMILES string of the molecule is COc1cc(/C=C2\C(=O)NC(=O)N(c3ccc(C)c(C)c3)C2=O)c(Br)c(Br)c1O. The van der Waals surface area contributed by atoms with Gasteiger partial charge in [-0.15, -0.1) is 0 Å². The maximum atomic E-state index is 13.0. The lowest BCUT2D eigenvalue weighted by molar-refractivity contribution is -0.122. The van der Waals surface area contributed by atoms with Crippen molar-refractivity contribution in [3.05, 3.63) is 55.5 Å². The first-order valence-electron chi connectivity index (χ1n) is 8.39. The molecule has 1 heterocycles. The number of nitrogens with one attached hydrogen (secondary N) is 1. The minimum Gasteiger partial charge on any atom is -0.503 e. The molecular formula is C20H16Br2N2O5. The number of phenols is 1. The second-order valence-corrected chi connectivity index (χ2v) is 7.96. The number of amides is 4. The molecule has 0 aliphatic carbocycles. The zero-order valence-electron chi connectivity index (χ0n) is 15.7. The van der Waals surface area contributed by atoms with Gasteiger partial charge in [0.2, 0.25) is 0 Å². The summed E-state index contributed by atoms with van der Waals surface area (Å²) in [5.41, 5.74) is 2.44. The molecule has 0 unspecified atom stereocenters. The summed E-state index contributed by atoms with van der Waals surface area (Å²) in [6.45, 7) is 3.78. The van der Waals surface area contributed by atoms with Crippen molar-refractivity contribution in [2.75, 3.05) is 12.0 Å². The topological polar surface area (TPSA) is 95.9 Å². The summed E-state index contributed by atoms with van der Waals surface area (Å²) in [6, 6.07) is 5.79. The first-order valence-corrected chi connectivity index (χ1v) is 9.98. The number of anilines is 1. The number of urea groups is 1. The Kier molecular flexibility index (Phi) is 5.81. The molecular weight excluding hydrogens is 508 g/mol. The minimum absolute atomic E-state index is 0.132. The lowest BCUT2D eigenvalue weighted by atomic mass is 10.0. The van der Waals surface area contributed by atoms with Crippen LogP contribution in [0.5, 0.6) is 11.5 Å². The number of imide groups is 2. The molecule has 4 amide bonds. The molecule has 150 valence electrons. The summed E-state index contributed by atoms with van der Waals surface area (Å²) in [7, 11) is 1.38. The summed E-state index contributed by atoms with van der Waals surface area (Å²) in [5.74, 6) is -1.54. The molecule has 2 N–H and O–H groups in total. The van der Waals surface area contributed by atoms with E-state index in [1.165, 1.54) is 19.3 Å². The second kappa shape index (κ2) is 8.00. The highest BCUT2D eigenvalue weighted by atomic mass is 79.9. The molecule has 0 saturated carbocycles. The lowest BCUT2D eigenvalue weighted by Gasteiger charge is -2.27. The fraction of sp³-hybridized carbons (Fsp3) is 0.150. The molecule has 1 aliphatic rings. The van der Waals surface area contributed by atoms with Crippen LogP contribution in [0.3, 0.4) is 0 Å². The number of phenolic OH excluding ortho intramolecular Hbond substituents is 1. The van der Waals surface area contributed by atoms with Gasteiger partial charge in [0.05, 0.1) is 17.3 Å². The monoisotopic (exact) mass is 522 g/mol. The first-order chi connectivity index (χ1) is 13.6. The van der Waals surface area contributed by atoms with Gasteiger partial charge in [-0.1, -0.05) is 6.07 Å². The molecule has 0 atom stereocenters. The van der Waals surface area contributed by atoms with Gasteiger partial charge < -0.3 is 9.84 Å². The Morgan fingerprint density at radius 3 is 2.38 bits per heavy atom. The van der Waals surface area contributed by atoms with E-state index in [9.17, 15) is 19.5 Å². The summed E-state index contributed by atoms with van der Waals surface area (Å²) < 4.78 is 5.83. The number of aromatic hydroxyl groups is 1. The number of hydrogen-bond donors (Lipinski definition) is 2. The Bertz CT molecular complexity index is 1090. The van der Waals surface area contributed by atoms with Crippen molar-refractivity contribution in [1.82, 2.24) is 5.32 Å². The van der Waals surface area contributed by atoms with E-state index >= 15 is 0 Å². The van der Waals surface area contributed by atoms with Crippen LogP contribution in [-0.2, 0) is 9.59 Å². The summed E-state index contributed by atoms with van der Waals surface area (Å²) in [4.78, 5) is 38.7. The largest absolute Gasteiger partial charge is 0.503 e. The highest BCUT2D eigenvalue weighted by Crippen LogP contribution is 2.42. The van der Waals surface area contributed by atoms with E-state index < -0.39 is 17.8 Å². The van der Waals surface area contributed by atoms with E-state index in [-0.39, 0.29) is 17.1 Å². The third-order valence-corrected chi connectivity index (χ3v) is 6.70. The normalized spacial score (nSPS) is 15.7. The van der Waals surface area contributed by atoms with Crippen LogP contribution in [0, 0.1) is 13.8 Å². The Balaban J connectivity index is 2.11. The van der Waals surface area contributed by atoms with Crippen molar-refractivity contribution in [2.45, 2.75) is 13.8 Å². The van der Waals surface area contributed by atoms with Crippen molar-refractivity contribution in [2.24, 2.45) is 0 Å². The standard InChI is InChI=1S/C20H16Br2N2O5/c1-9-4-5-12(6-10(9)2)24-19(27)13(18(26)23-20(24)28)7-11-8-14(29-3)17(25)16(22)15(11)21/h4-8,25H,1-3H3,(H,23,26,28)/b13-7+. The number of carbonyl (C=O) groups excluding carboxylic acids is 3. The predicted molar refractivity (Wildman–Crippen MR) is 115 cm³/mol. The van der Waals surface area contributed by atoms with E-state index in [1.54, 1.807) is 18.2 Å². The first kappa shape index (κ1) is 21.1. The lowest BCUT2D eigenvalue weighted by Crippen LogP contribution is -2.54. The van der Waals surface area contributed by atoms with Crippen LogP contribution in [0.25, 0.3) is 6.08 Å². The fourth-order valence-corrected chi connectivity index (χ4v) is 3.63. The Hall–Kier alpha value is -2.65. The Labute approximate surface area is 183 Å². The molecule has 0 spiro atoms. The van der Waals surface area contributed by atoms with Gasteiger partial charge in [-0.05, 0) is 86.7 Å². The number of methoxy groups -OCH3 is 1. The molecule has 0 aromatic heterocycles. The number of rotatable bonds is 3. The average Bonchev–Trinajstić information content (AvgIpc) is 2.67. The number of benzene rings is 2. The number of halogens is 2. The maximum absolute atomic E-state index is 13.0. The van der Waals surface area contributed by atoms with Crippen molar-refractivity contribution in [3.63, 3.8) is 0 Å². The smallest absolute Gasteiger partial charge is 0.335 e. The highest BCUT2D eigenvalue weighted by Gasteiger charge is 2.37. The molecule has 0 bridgehead atoms. The van der Waals surface area contributed by atoms with Gasteiger partial charge in [0, 0.05) is 4.47 Å². The number of barbiturate groups is 1. The minimum atomic E-state index is -0.816. The zero-order valence-corrected chi connectivity index (χ0v) is 18.8. The van der Waals surface area contributed by atoms with Crippen LogP contribution in [-0.4, -0.2) is 30.1 Å². The molecule has 0 radical (unpaired) electrons. The van der Waals surface area contributed by atoms with Gasteiger partial charge >= 0.3 is 6.03 Å². The van der Waals surface area contributed by atoms with Gasteiger partial charge in [0.15, 0.2) is 11.5 Å². The summed E-state index contributed by atoms with van der Waals surface area (Å²) in [5, 5.41) is 12.3. The van der Waals surface area contributed by atoms with E-state index in [4.69, 9.17) is 4.74 Å². The van der Waals surface area contributed by atoms with Crippen LogP contribution in [0.4, 0.5) is 10.5 Å². The number of hydrogen-bond acceptors (Lipinski definition) is 5. The molecule has 1 fully saturated rings. The van der Waals surface area contributed by atoms with E-state index in [0.29, 0.717) is 20.2 Å². The third-order valence-electron chi connectivity index (χ3n) is 4.54. The summed E-state index contributed by atoms with van der Waals surface area (Å²) in [6.07, 6.45) is 1.33. The van der Waals surface area contributed by atoms with Gasteiger partial charge in [-0.25, -0.2) is 9.69 Å². The van der Waals surface area contributed by atoms with Gasteiger partial charge in [-0.2, -0.15) is 0 Å². The van der Waals surface area contributed by atoms with Gasteiger partial charge in [0.25, 0.3) is 11.8 Å². The van der Waals surface area contributed by atoms with Gasteiger partial charge in [-0.3, -0.25) is 14.9 Å². The van der Waals surface area contributed by atoms with E-state index in [2.05, 4.69) is 37.2 Å². The highest BCUT2D eigenvalue weighted by molar-refractivity contribution is 9.13. The van der Waals surface area contributed by atoms with Crippen LogP contribution in [0.1, 0.15) is 16.7 Å². The van der Waals surface area contributed by atoms with Crippen molar-refractivity contribution in [3.8, 4) is 11.5 Å². The number of aryl methyl sites for hydroxylation is 2. The van der Waals surface area contributed by atoms with Crippen LogP contribution in [0.2, 0.25) is 0 Å². The molecule has 2 aromatic rings. The average molecular weight is 524 g/mol. The third kappa shape index (κ3) is 3.79. The number of nitrogens with zero attached hydrogens (tertiary/aromatic N) is 1.